The Bertz CT molecular complexity index is 2050. The van der Waals surface area contributed by atoms with Gasteiger partial charge in [-0.05, 0) is 81.8 Å². The van der Waals surface area contributed by atoms with Gasteiger partial charge in [0.1, 0.15) is 0 Å². The molecule has 156 valence electrons. The van der Waals surface area contributed by atoms with Gasteiger partial charge in [-0.15, -0.1) is 0 Å². The van der Waals surface area contributed by atoms with Gasteiger partial charge >= 0.3 is 0 Å². The maximum atomic E-state index is 2.35. The third-order valence-electron chi connectivity index (χ3n) is 7.55. The van der Waals surface area contributed by atoms with E-state index in [-0.39, 0.29) is 0 Å². The topological polar surface area (TPSA) is 0 Å². The Balaban J connectivity index is 1.68. The van der Waals surface area contributed by atoms with Crippen molar-refractivity contribution in [1.82, 2.24) is 0 Å². The molecule has 0 nitrogen and oxygen atoms in total. The standard InChI is InChI=1S/C34H20/c1-2-9-23-20-24(19-18-21(23)8-1)32-25-12-3-4-13-27(25)33-29-16-6-11-22-10-5-14-26(31(22)29)28-15-7-17-30(32)34(28)33/h1-20H. The molecule has 0 spiro atoms. The second kappa shape index (κ2) is 6.56. The molecule has 0 aliphatic rings. The smallest absolute Gasteiger partial charge is 0.00137 e. The Morgan fingerprint density at radius 3 is 1.68 bits per heavy atom. The Labute approximate surface area is 197 Å². The second-order valence-electron chi connectivity index (χ2n) is 9.29. The summed E-state index contributed by atoms with van der Waals surface area (Å²) in [5.41, 5.74) is 2.60. The summed E-state index contributed by atoms with van der Waals surface area (Å²) in [7, 11) is 0. The molecule has 0 unspecified atom stereocenters. The first-order chi connectivity index (χ1) is 16.9. The fourth-order valence-electron chi connectivity index (χ4n) is 6.16. The summed E-state index contributed by atoms with van der Waals surface area (Å²) in [4.78, 5) is 0. The van der Waals surface area contributed by atoms with Crippen molar-refractivity contribution in [2.24, 2.45) is 0 Å². The Morgan fingerprint density at radius 1 is 0.294 bits per heavy atom. The summed E-state index contributed by atoms with van der Waals surface area (Å²) in [6.45, 7) is 0. The molecule has 8 aromatic rings. The normalized spacial score (nSPS) is 12.1. The van der Waals surface area contributed by atoms with E-state index in [0.717, 1.165) is 0 Å². The third kappa shape index (κ3) is 2.27. The second-order valence-corrected chi connectivity index (χ2v) is 9.29. The predicted octanol–water partition coefficient (Wildman–Crippen LogP) is 9.71. The summed E-state index contributed by atoms with van der Waals surface area (Å²) in [6.07, 6.45) is 0. The molecule has 0 heteroatoms. The first-order valence-electron chi connectivity index (χ1n) is 11.9. The van der Waals surface area contributed by atoms with Crippen LogP contribution in [0.2, 0.25) is 0 Å². The Kier molecular flexibility index (Phi) is 3.48. The molecule has 0 radical (unpaired) electrons. The molecule has 0 atom stereocenters. The van der Waals surface area contributed by atoms with Crippen LogP contribution >= 0.6 is 0 Å². The quantitative estimate of drug-likeness (QED) is 0.180. The van der Waals surface area contributed by atoms with Gasteiger partial charge in [0.15, 0.2) is 0 Å². The van der Waals surface area contributed by atoms with E-state index in [9.17, 15) is 0 Å². The zero-order valence-corrected chi connectivity index (χ0v) is 18.5. The van der Waals surface area contributed by atoms with Gasteiger partial charge in [0.05, 0.1) is 0 Å². The number of hydrogen-bond acceptors (Lipinski definition) is 0. The molecular weight excluding hydrogens is 408 g/mol. The van der Waals surface area contributed by atoms with Crippen molar-refractivity contribution in [3.05, 3.63) is 121 Å². The highest BCUT2D eigenvalue weighted by molar-refractivity contribution is 6.40. The molecule has 0 amide bonds. The summed E-state index contributed by atoms with van der Waals surface area (Å²) in [5.74, 6) is 0. The van der Waals surface area contributed by atoms with E-state index in [1.807, 2.05) is 0 Å². The zero-order chi connectivity index (χ0) is 22.2. The zero-order valence-electron chi connectivity index (χ0n) is 18.5. The maximum absolute atomic E-state index is 2.35. The Morgan fingerprint density at radius 2 is 0.824 bits per heavy atom. The van der Waals surface area contributed by atoms with E-state index < -0.39 is 0 Å². The van der Waals surface area contributed by atoms with Crippen LogP contribution in [-0.4, -0.2) is 0 Å². The van der Waals surface area contributed by atoms with Crippen molar-refractivity contribution in [1.29, 1.82) is 0 Å². The fraction of sp³-hybridized carbons (Fsp3) is 0. The van der Waals surface area contributed by atoms with Crippen LogP contribution < -0.4 is 0 Å². The SMILES string of the molecule is c1ccc2cc(-c3c4ccccc4c4c5cccc6cccc(c7cccc3c74)c65)ccc2c1. The van der Waals surface area contributed by atoms with Crippen molar-refractivity contribution in [3.63, 3.8) is 0 Å². The lowest BCUT2D eigenvalue weighted by Gasteiger charge is -2.20. The lowest BCUT2D eigenvalue weighted by Crippen LogP contribution is -1.92. The van der Waals surface area contributed by atoms with Gasteiger partial charge in [-0.25, -0.2) is 0 Å². The molecular formula is C34H20. The molecule has 0 saturated heterocycles. The van der Waals surface area contributed by atoms with Crippen molar-refractivity contribution in [2.45, 2.75) is 0 Å². The molecule has 34 heavy (non-hydrogen) atoms. The van der Waals surface area contributed by atoms with E-state index in [2.05, 4.69) is 121 Å². The third-order valence-corrected chi connectivity index (χ3v) is 7.55. The summed E-state index contributed by atoms with van der Waals surface area (Å²) >= 11 is 0. The monoisotopic (exact) mass is 428 g/mol. The van der Waals surface area contributed by atoms with Crippen LogP contribution in [0.4, 0.5) is 0 Å². The highest BCUT2D eigenvalue weighted by Gasteiger charge is 2.19. The van der Waals surface area contributed by atoms with Gasteiger partial charge in [-0.2, -0.15) is 0 Å². The highest BCUT2D eigenvalue weighted by Crippen LogP contribution is 2.47. The molecule has 0 N–H and O–H groups in total. The molecule has 0 fully saturated rings. The van der Waals surface area contributed by atoms with Crippen molar-refractivity contribution in [3.8, 4) is 11.1 Å². The first kappa shape index (κ1) is 18.1. The fourth-order valence-corrected chi connectivity index (χ4v) is 6.16. The molecule has 8 aromatic carbocycles. The van der Waals surface area contributed by atoms with E-state index in [1.165, 1.54) is 75.8 Å². The average Bonchev–Trinajstić information content (AvgIpc) is 2.90. The largest absolute Gasteiger partial charge is 0.0616 e. The lowest BCUT2D eigenvalue weighted by molar-refractivity contribution is 1.71. The number of hydrogen-bond donors (Lipinski definition) is 0. The number of fused-ring (bicyclic) bond motifs is 5. The summed E-state index contributed by atoms with van der Waals surface area (Å²) < 4.78 is 0. The summed E-state index contributed by atoms with van der Waals surface area (Å²) in [5, 5.41) is 16.0. The van der Waals surface area contributed by atoms with Crippen LogP contribution in [0.25, 0.3) is 75.8 Å². The van der Waals surface area contributed by atoms with Gasteiger partial charge in [0.2, 0.25) is 0 Å². The molecule has 0 saturated carbocycles. The van der Waals surface area contributed by atoms with Crippen LogP contribution in [0, 0.1) is 0 Å². The average molecular weight is 429 g/mol. The number of benzene rings is 8. The minimum Gasteiger partial charge on any atom is -0.0616 e. The van der Waals surface area contributed by atoms with Gasteiger partial charge in [-0.3, -0.25) is 0 Å². The first-order valence-corrected chi connectivity index (χ1v) is 11.9. The molecule has 0 heterocycles. The van der Waals surface area contributed by atoms with Gasteiger partial charge in [0.25, 0.3) is 0 Å². The van der Waals surface area contributed by atoms with E-state index >= 15 is 0 Å². The predicted molar refractivity (Wildman–Crippen MR) is 148 cm³/mol. The van der Waals surface area contributed by atoms with E-state index in [1.54, 1.807) is 0 Å². The molecule has 8 rings (SSSR count). The van der Waals surface area contributed by atoms with Crippen molar-refractivity contribution in [2.75, 3.05) is 0 Å². The number of rotatable bonds is 1. The van der Waals surface area contributed by atoms with Crippen LogP contribution in [0.1, 0.15) is 0 Å². The minimum absolute atomic E-state index is 1.27. The highest BCUT2D eigenvalue weighted by atomic mass is 14.2. The van der Waals surface area contributed by atoms with Crippen LogP contribution in [0.15, 0.2) is 121 Å². The van der Waals surface area contributed by atoms with Gasteiger partial charge in [-0.1, -0.05) is 115 Å². The maximum Gasteiger partial charge on any atom is -0.00137 e. The Hall–Kier alpha value is -4.42. The van der Waals surface area contributed by atoms with Crippen LogP contribution in [0.5, 0.6) is 0 Å². The van der Waals surface area contributed by atoms with Gasteiger partial charge < -0.3 is 0 Å². The van der Waals surface area contributed by atoms with E-state index in [4.69, 9.17) is 0 Å². The molecule has 0 bridgehead atoms. The van der Waals surface area contributed by atoms with Crippen LogP contribution in [-0.2, 0) is 0 Å². The molecule has 0 aromatic heterocycles. The van der Waals surface area contributed by atoms with Gasteiger partial charge in [0, 0.05) is 0 Å². The lowest BCUT2D eigenvalue weighted by atomic mass is 9.83. The molecule has 0 aliphatic carbocycles. The van der Waals surface area contributed by atoms with Crippen LogP contribution in [0.3, 0.4) is 0 Å². The summed E-state index contributed by atoms with van der Waals surface area (Å²) in [6, 6.07) is 44.8. The minimum atomic E-state index is 1.27. The molecule has 0 aliphatic heterocycles. The van der Waals surface area contributed by atoms with Crippen molar-refractivity contribution >= 4 is 64.6 Å². The van der Waals surface area contributed by atoms with E-state index in [0.29, 0.717) is 0 Å². The van der Waals surface area contributed by atoms with Crippen molar-refractivity contribution < 1.29 is 0 Å².